The van der Waals surface area contributed by atoms with Gasteiger partial charge in [-0.25, -0.2) is 17.4 Å². The molecule has 2 aliphatic rings. The predicted octanol–water partition coefficient (Wildman–Crippen LogP) is 5.39. The first-order chi connectivity index (χ1) is 17.0. The van der Waals surface area contributed by atoms with Crippen molar-refractivity contribution in [2.24, 2.45) is 0 Å². The van der Waals surface area contributed by atoms with Crippen LogP contribution in [-0.2, 0) is 20.5 Å². The zero-order chi connectivity index (χ0) is 24.0. The van der Waals surface area contributed by atoms with Gasteiger partial charge < -0.3 is 9.47 Å². The molecule has 35 heavy (non-hydrogen) atoms. The van der Waals surface area contributed by atoms with Gasteiger partial charge in [0.2, 0.25) is 10.0 Å². The molecule has 1 aromatic carbocycles. The molecule has 0 bridgehead atoms. The molecule has 1 aliphatic heterocycles. The van der Waals surface area contributed by atoms with Crippen LogP contribution in [0.5, 0.6) is 11.5 Å². The molecule has 0 N–H and O–H groups in total. The number of ether oxygens (including phenoxy) is 2. The molecule has 3 aromatic heterocycles. The fourth-order valence-corrected chi connectivity index (χ4v) is 7.12. The lowest BCUT2D eigenvalue weighted by molar-refractivity contribution is 0.0839. The molecular formula is C25H25BrN4O4S. The van der Waals surface area contributed by atoms with Crippen LogP contribution in [0.1, 0.15) is 48.9 Å². The van der Waals surface area contributed by atoms with Crippen LogP contribution in [0, 0.1) is 0 Å². The van der Waals surface area contributed by atoms with Gasteiger partial charge in [0.1, 0.15) is 16.0 Å². The summed E-state index contributed by atoms with van der Waals surface area (Å²) in [5, 5.41) is 5.51. The van der Waals surface area contributed by atoms with Gasteiger partial charge in [-0.15, -0.1) is 0 Å². The number of rotatable bonds is 7. The van der Waals surface area contributed by atoms with Gasteiger partial charge in [-0.1, -0.05) is 30.3 Å². The van der Waals surface area contributed by atoms with Crippen molar-refractivity contribution in [2.45, 2.75) is 43.4 Å². The van der Waals surface area contributed by atoms with Gasteiger partial charge in [-0.3, -0.25) is 4.68 Å². The van der Waals surface area contributed by atoms with Gasteiger partial charge in [0.25, 0.3) is 0 Å². The second kappa shape index (κ2) is 9.07. The summed E-state index contributed by atoms with van der Waals surface area (Å²) in [4.78, 5) is 4.40. The number of benzene rings is 1. The Morgan fingerprint density at radius 2 is 1.83 bits per heavy atom. The van der Waals surface area contributed by atoms with E-state index in [-0.39, 0.29) is 11.7 Å². The number of fused-ring (bicyclic) bond motifs is 1. The predicted molar refractivity (Wildman–Crippen MR) is 135 cm³/mol. The summed E-state index contributed by atoms with van der Waals surface area (Å²) in [6.45, 7) is 1.43. The lowest BCUT2D eigenvalue weighted by Gasteiger charge is -2.21. The van der Waals surface area contributed by atoms with Gasteiger partial charge in [0.05, 0.1) is 23.4 Å². The summed E-state index contributed by atoms with van der Waals surface area (Å²) in [6.07, 6.45) is 7.63. The van der Waals surface area contributed by atoms with Crippen LogP contribution in [-0.4, -0.2) is 40.4 Å². The van der Waals surface area contributed by atoms with E-state index >= 15 is 0 Å². The lowest BCUT2D eigenvalue weighted by atomic mass is 9.96. The van der Waals surface area contributed by atoms with Crippen LogP contribution < -0.4 is 4.74 Å². The molecule has 10 heteroatoms. The Bertz CT molecular complexity index is 1470. The molecule has 1 saturated carbocycles. The summed E-state index contributed by atoms with van der Waals surface area (Å²) in [7, 11) is -3.72. The largest absolute Gasteiger partial charge is 0.453 e. The van der Waals surface area contributed by atoms with Gasteiger partial charge in [0, 0.05) is 25.3 Å². The maximum Gasteiger partial charge on any atom is 0.245 e. The number of nitrogens with zero attached hydrogens (tertiary/aromatic N) is 4. The van der Waals surface area contributed by atoms with Crippen molar-refractivity contribution in [3.05, 3.63) is 70.7 Å². The zero-order valence-electron chi connectivity index (χ0n) is 19.0. The fourth-order valence-electron chi connectivity index (χ4n) is 4.59. The van der Waals surface area contributed by atoms with E-state index in [1.165, 1.54) is 3.97 Å². The smallest absolute Gasteiger partial charge is 0.245 e. The van der Waals surface area contributed by atoms with E-state index in [1.807, 2.05) is 29.1 Å². The Morgan fingerprint density at radius 3 is 2.57 bits per heavy atom. The lowest BCUT2D eigenvalue weighted by Crippen LogP contribution is -2.16. The Kier molecular flexibility index (Phi) is 5.90. The maximum atomic E-state index is 13.3. The normalized spacial score (nSPS) is 17.2. The number of hydrogen-bond donors (Lipinski definition) is 0. The summed E-state index contributed by atoms with van der Waals surface area (Å²) in [6, 6.07) is 13.1. The van der Waals surface area contributed by atoms with E-state index in [0.29, 0.717) is 38.7 Å². The third kappa shape index (κ3) is 4.50. The Labute approximate surface area is 212 Å². The number of aromatic nitrogens is 4. The van der Waals surface area contributed by atoms with Crippen molar-refractivity contribution in [2.75, 3.05) is 13.2 Å². The number of hydrogen-bond acceptors (Lipinski definition) is 6. The molecule has 0 atom stereocenters. The molecule has 6 rings (SSSR count). The van der Waals surface area contributed by atoms with Crippen LogP contribution in [0.4, 0.5) is 0 Å². The average Bonchev–Trinajstić information content (AvgIpc) is 3.52. The first kappa shape index (κ1) is 22.8. The molecule has 182 valence electrons. The first-order valence-corrected chi connectivity index (χ1v) is 14.2. The molecule has 0 unspecified atom stereocenters. The minimum absolute atomic E-state index is 0.134. The van der Waals surface area contributed by atoms with Gasteiger partial charge in [-0.05, 0) is 59.3 Å². The quantitative estimate of drug-likeness (QED) is 0.303. The monoisotopic (exact) mass is 556 g/mol. The summed E-state index contributed by atoms with van der Waals surface area (Å²) in [5.41, 5.74) is 1.98. The minimum Gasteiger partial charge on any atom is -0.453 e. The molecule has 1 aliphatic carbocycles. The van der Waals surface area contributed by atoms with Crippen LogP contribution in [0.15, 0.2) is 59.5 Å². The van der Waals surface area contributed by atoms with Gasteiger partial charge in [0.15, 0.2) is 11.4 Å². The van der Waals surface area contributed by atoms with Crippen molar-refractivity contribution < 1.29 is 17.9 Å². The van der Waals surface area contributed by atoms with Crippen molar-refractivity contribution in [1.82, 2.24) is 18.7 Å². The fraction of sp³-hybridized carbons (Fsp3) is 0.360. The number of pyridine rings is 1. The second-order valence-corrected chi connectivity index (χ2v) is 11.7. The summed E-state index contributed by atoms with van der Waals surface area (Å²) in [5.74, 6) is 1.41. The molecule has 1 saturated heterocycles. The van der Waals surface area contributed by atoms with E-state index < -0.39 is 10.0 Å². The molecule has 4 heterocycles. The molecule has 0 radical (unpaired) electrons. The number of halogens is 1. The Morgan fingerprint density at radius 1 is 1.06 bits per heavy atom. The Hall–Kier alpha value is -2.69. The average molecular weight is 557 g/mol. The van der Waals surface area contributed by atoms with Gasteiger partial charge in [-0.2, -0.15) is 5.10 Å². The first-order valence-electron chi connectivity index (χ1n) is 11.8. The molecule has 8 nitrogen and oxygen atoms in total. The molecule has 4 aromatic rings. The van der Waals surface area contributed by atoms with E-state index in [4.69, 9.17) is 14.6 Å². The van der Waals surface area contributed by atoms with Gasteiger partial charge >= 0.3 is 0 Å². The van der Waals surface area contributed by atoms with Crippen LogP contribution in [0.3, 0.4) is 0 Å². The summed E-state index contributed by atoms with van der Waals surface area (Å²) >= 11 is 3.44. The van der Waals surface area contributed by atoms with E-state index in [2.05, 4.69) is 20.9 Å². The molecular weight excluding hydrogens is 532 g/mol. The topological polar surface area (TPSA) is 88.2 Å². The highest BCUT2D eigenvalue weighted by Gasteiger charge is 2.30. The highest BCUT2D eigenvalue weighted by atomic mass is 79.9. The van der Waals surface area contributed by atoms with E-state index in [9.17, 15) is 8.42 Å². The highest BCUT2D eigenvalue weighted by Crippen LogP contribution is 2.42. The third-order valence-electron chi connectivity index (χ3n) is 6.52. The van der Waals surface area contributed by atoms with Crippen molar-refractivity contribution >= 4 is 37.0 Å². The summed E-state index contributed by atoms with van der Waals surface area (Å²) < 4.78 is 42.3. The van der Waals surface area contributed by atoms with E-state index in [1.54, 1.807) is 30.5 Å². The van der Waals surface area contributed by atoms with Crippen LogP contribution in [0.2, 0.25) is 0 Å². The molecule has 2 fully saturated rings. The Balaban J connectivity index is 1.38. The minimum atomic E-state index is -3.72. The second-order valence-electron chi connectivity index (χ2n) is 9.10. The highest BCUT2D eigenvalue weighted by molar-refractivity contribution is 9.10. The SMILES string of the molecule is O=S(=O)(Cc1ccccc1)n1c(Br)cc2c(Oc3cn(C4CC4)nc3C3CCOCC3)ccnc21. The molecule has 0 amide bonds. The maximum absolute atomic E-state index is 13.3. The van der Waals surface area contributed by atoms with Crippen molar-refractivity contribution in [3.63, 3.8) is 0 Å². The standard InChI is InChI=1S/C25H25BrN4O4S/c26-23-14-20-21(8-11-27-25(20)30(23)35(31,32)16-17-4-2-1-3-5-17)34-22-15-29(19-6-7-19)28-24(22)18-9-12-33-13-10-18/h1-5,8,11,14-15,18-19H,6-7,9-10,12-13,16H2. The van der Waals surface area contributed by atoms with Crippen molar-refractivity contribution in [3.8, 4) is 11.5 Å². The van der Waals surface area contributed by atoms with Crippen LogP contribution >= 0.6 is 15.9 Å². The van der Waals surface area contributed by atoms with Crippen molar-refractivity contribution in [1.29, 1.82) is 0 Å². The van der Waals surface area contributed by atoms with Crippen LogP contribution in [0.25, 0.3) is 11.0 Å². The third-order valence-corrected chi connectivity index (χ3v) is 8.97. The van der Waals surface area contributed by atoms with E-state index in [0.717, 1.165) is 44.6 Å². The molecule has 0 spiro atoms. The zero-order valence-corrected chi connectivity index (χ0v) is 21.4.